The summed E-state index contributed by atoms with van der Waals surface area (Å²) in [6.07, 6.45) is 7.84. The molecule has 0 aliphatic carbocycles. The molecule has 48 heavy (non-hydrogen) atoms. The van der Waals surface area contributed by atoms with Crippen molar-refractivity contribution >= 4 is 70.5 Å². The van der Waals surface area contributed by atoms with Crippen LogP contribution in [0.1, 0.15) is 109 Å². The van der Waals surface area contributed by atoms with Crippen LogP contribution in [-0.4, -0.2) is 86.0 Å². The molecule has 0 rings (SSSR count). The zero-order valence-electron chi connectivity index (χ0n) is 32.8. The molecule has 288 valence electrons. The van der Waals surface area contributed by atoms with E-state index in [2.05, 4.69) is 76.2 Å². The van der Waals surface area contributed by atoms with Gasteiger partial charge in [-0.25, -0.2) is 0 Å². The van der Waals surface area contributed by atoms with Gasteiger partial charge in [0.15, 0.2) is 0 Å². The Bertz CT molecular complexity index is 775. The summed E-state index contributed by atoms with van der Waals surface area (Å²) in [7, 11) is -1.57. The Hall–Kier alpha value is 2.04. The Morgan fingerprint density at radius 1 is 0.604 bits per heavy atom. The van der Waals surface area contributed by atoms with Crippen molar-refractivity contribution in [2.24, 2.45) is 23.7 Å². The van der Waals surface area contributed by atoms with Gasteiger partial charge in [-0.15, -0.1) is 19.3 Å². The fourth-order valence-electron chi connectivity index (χ4n) is 3.88. The molecule has 7 unspecified atom stereocenters. The van der Waals surface area contributed by atoms with Crippen molar-refractivity contribution in [3.8, 4) is 0 Å². The van der Waals surface area contributed by atoms with Crippen LogP contribution in [0.4, 0.5) is 0 Å². The number of carbonyl (C=O) groups is 1. The third-order valence-corrected chi connectivity index (χ3v) is 20.5. The van der Waals surface area contributed by atoms with E-state index in [0.717, 1.165) is 36.4 Å². The molecule has 0 spiro atoms. The number of methoxy groups -OCH3 is 1. The van der Waals surface area contributed by atoms with Gasteiger partial charge in [-0.3, -0.25) is 4.79 Å². The number of hydrogen-bond donors (Lipinski definition) is 0. The zero-order chi connectivity index (χ0) is 36.6. The van der Waals surface area contributed by atoms with E-state index in [0.29, 0.717) is 29.9 Å². The van der Waals surface area contributed by atoms with Crippen LogP contribution in [0.5, 0.6) is 0 Å². The molecule has 7 nitrogen and oxygen atoms in total. The van der Waals surface area contributed by atoms with E-state index in [-0.39, 0.29) is 38.3 Å². The number of ether oxygens (including phenoxy) is 1. The third-order valence-electron chi connectivity index (χ3n) is 6.30. The lowest BCUT2D eigenvalue weighted by molar-refractivity contribution is -0.140. The van der Waals surface area contributed by atoms with Gasteiger partial charge in [0.25, 0.3) is 0 Å². The fraction of sp³-hybridized carbons (Fsp3) is 0.971. The number of hydrogen-bond acceptors (Lipinski definition) is 10. The van der Waals surface area contributed by atoms with Crippen LogP contribution < -0.4 is 0 Å². The molecule has 0 saturated heterocycles. The summed E-state index contributed by atoms with van der Waals surface area (Å²) >= 11 is 5.24. The van der Waals surface area contributed by atoms with Crippen LogP contribution in [0.25, 0.3) is 0 Å². The highest BCUT2D eigenvalue weighted by molar-refractivity contribution is 8.54. The summed E-state index contributed by atoms with van der Waals surface area (Å²) in [5.41, 5.74) is 0. The number of carbonyl (C=O) groups excluding carboxylic acids is 1. The van der Waals surface area contributed by atoms with Crippen molar-refractivity contribution in [2.45, 2.75) is 134 Å². The molecule has 0 aliphatic rings. The van der Waals surface area contributed by atoms with E-state index in [1.165, 1.54) is 32.3 Å². The zero-order valence-corrected chi connectivity index (χ0v) is 38.8. The van der Waals surface area contributed by atoms with Crippen molar-refractivity contribution in [3.05, 3.63) is 0 Å². The molecule has 0 fully saturated rings. The standard InChI is InChI=1S/C34H72O7P4S3/c1-26(2)15-18-42(22-29(7)8)23-31(11)39-45(41-32(12)24-47-43(19-16-27(3)4)37-21-28(5)6)48-25-33(13)40-44(38-30(9)10)46-20-17-34(35)36-14/h26-33H,15-25H2,1-14H3. The lowest BCUT2D eigenvalue weighted by atomic mass is 10.2. The van der Waals surface area contributed by atoms with Gasteiger partial charge in [0, 0.05) is 23.4 Å². The first-order valence-corrected chi connectivity index (χ1v) is 28.3. The highest BCUT2D eigenvalue weighted by Crippen LogP contribution is 2.59. The minimum absolute atomic E-state index is 0.0385. The van der Waals surface area contributed by atoms with Gasteiger partial charge in [-0.2, -0.15) is 0 Å². The largest absolute Gasteiger partial charge is 0.469 e. The third kappa shape index (κ3) is 30.5. The van der Waals surface area contributed by atoms with Crippen LogP contribution in [0, 0.1) is 23.7 Å². The van der Waals surface area contributed by atoms with Crippen LogP contribution in [-0.2, 0) is 32.2 Å². The van der Waals surface area contributed by atoms with Gasteiger partial charge in [0.05, 0.1) is 51.9 Å². The van der Waals surface area contributed by atoms with E-state index < -0.39 is 22.5 Å². The molecule has 0 saturated carbocycles. The Balaban J connectivity index is 5.53. The first-order valence-electron chi connectivity index (χ1n) is 17.9. The molecule has 14 heteroatoms. The van der Waals surface area contributed by atoms with Gasteiger partial charge in [0.1, 0.15) is 0 Å². The van der Waals surface area contributed by atoms with E-state index in [1.54, 1.807) is 22.8 Å². The van der Waals surface area contributed by atoms with Crippen LogP contribution in [0.15, 0.2) is 0 Å². The van der Waals surface area contributed by atoms with Crippen molar-refractivity contribution in [3.63, 3.8) is 0 Å². The fourth-order valence-corrected chi connectivity index (χ4v) is 18.5. The molecular weight excluding hydrogens is 740 g/mol. The van der Waals surface area contributed by atoms with Gasteiger partial charge in [-0.1, -0.05) is 78.2 Å². The minimum Gasteiger partial charge on any atom is -0.469 e. The number of rotatable bonds is 31. The van der Waals surface area contributed by atoms with E-state index in [9.17, 15) is 4.79 Å². The maximum atomic E-state index is 11.6. The molecular formula is C34H72O7P4S3. The topological polar surface area (TPSA) is 72.5 Å². The summed E-state index contributed by atoms with van der Waals surface area (Å²) in [5, 5.41) is 0. The molecule has 0 aromatic carbocycles. The van der Waals surface area contributed by atoms with Crippen LogP contribution in [0.2, 0.25) is 0 Å². The van der Waals surface area contributed by atoms with Crippen molar-refractivity contribution in [1.29, 1.82) is 0 Å². The highest BCUT2D eigenvalue weighted by atomic mass is 32.7. The Labute approximate surface area is 314 Å². The second-order valence-corrected chi connectivity index (χ2v) is 27.2. The van der Waals surface area contributed by atoms with E-state index >= 15 is 0 Å². The van der Waals surface area contributed by atoms with Gasteiger partial charge < -0.3 is 27.4 Å². The molecule has 0 aromatic heterocycles. The molecule has 0 amide bonds. The molecule has 0 bridgehead atoms. The molecule has 0 aliphatic heterocycles. The van der Waals surface area contributed by atoms with E-state index in [1.807, 2.05) is 25.2 Å². The second kappa shape index (κ2) is 30.4. The Morgan fingerprint density at radius 2 is 1.15 bits per heavy atom. The predicted molar refractivity (Wildman–Crippen MR) is 224 cm³/mol. The summed E-state index contributed by atoms with van der Waals surface area (Å²) < 4.78 is 37.1. The lowest BCUT2D eigenvalue weighted by Gasteiger charge is -2.29. The van der Waals surface area contributed by atoms with Crippen LogP contribution >= 0.6 is 64.6 Å². The SMILES string of the molecule is COC(=O)CCSP(OC(C)C)OC(C)CSP(OC(C)CSP(CCC(C)C)OCC(C)C)OC(C)CP(CCC(C)C)CC(C)C. The molecule has 0 radical (unpaired) electrons. The summed E-state index contributed by atoms with van der Waals surface area (Å²) in [6.45, 7) is 29.7. The quantitative estimate of drug-likeness (QED) is 0.0499. The summed E-state index contributed by atoms with van der Waals surface area (Å²) in [4.78, 5) is 11.6. The average molecular weight is 813 g/mol. The molecule has 0 N–H and O–H groups in total. The van der Waals surface area contributed by atoms with Crippen LogP contribution in [0.3, 0.4) is 0 Å². The normalized spacial score (nSPS) is 16.9. The predicted octanol–water partition coefficient (Wildman–Crippen LogP) is 13.1. The highest BCUT2D eigenvalue weighted by Gasteiger charge is 2.26. The second-order valence-electron chi connectivity index (χ2n) is 14.4. The first kappa shape index (κ1) is 50.0. The van der Waals surface area contributed by atoms with Gasteiger partial charge >= 0.3 is 5.97 Å². The molecule has 0 aromatic rings. The molecule has 0 heterocycles. The van der Waals surface area contributed by atoms with Crippen molar-refractivity contribution < 1.29 is 32.2 Å². The number of esters is 1. The smallest absolute Gasteiger partial charge is 0.306 e. The summed E-state index contributed by atoms with van der Waals surface area (Å²) in [5.74, 6) is 4.66. The lowest BCUT2D eigenvalue weighted by Crippen LogP contribution is -2.17. The minimum atomic E-state index is -1.19. The van der Waals surface area contributed by atoms with E-state index in [4.69, 9.17) is 27.4 Å². The maximum Gasteiger partial charge on any atom is 0.306 e. The molecule has 7 atom stereocenters. The first-order chi connectivity index (χ1) is 22.5. The Kier molecular flexibility index (Phi) is 31.7. The monoisotopic (exact) mass is 812 g/mol. The van der Waals surface area contributed by atoms with Crippen molar-refractivity contribution in [1.82, 2.24) is 0 Å². The average Bonchev–Trinajstić information content (AvgIpc) is 2.97. The maximum absolute atomic E-state index is 11.6. The van der Waals surface area contributed by atoms with Gasteiger partial charge in [-0.05, 0) is 89.6 Å². The van der Waals surface area contributed by atoms with Crippen molar-refractivity contribution in [2.75, 3.05) is 55.6 Å². The Morgan fingerprint density at radius 3 is 1.67 bits per heavy atom. The van der Waals surface area contributed by atoms with Gasteiger partial charge in [0.2, 0.25) is 15.2 Å². The summed E-state index contributed by atoms with van der Waals surface area (Å²) in [6, 6.07) is 0.